The first-order chi connectivity index (χ1) is 10.8. The summed E-state index contributed by atoms with van der Waals surface area (Å²) >= 11 is 0. The highest BCUT2D eigenvalue weighted by Gasteiger charge is 2.42. The predicted octanol–water partition coefficient (Wildman–Crippen LogP) is 4.30. The van der Waals surface area contributed by atoms with E-state index in [0.29, 0.717) is 5.69 Å². The van der Waals surface area contributed by atoms with Crippen LogP contribution < -0.4 is 5.32 Å². The van der Waals surface area contributed by atoms with Crippen molar-refractivity contribution in [2.24, 2.45) is 10.8 Å². The topological polar surface area (TPSA) is 44.9 Å². The number of benzene rings is 1. The summed E-state index contributed by atoms with van der Waals surface area (Å²) in [4.78, 5) is 16.4. The molecule has 1 saturated heterocycles. The van der Waals surface area contributed by atoms with Crippen LogP contribution in [0.5, 0.6) is 0 Å². The van der Waals surface area contributed by atoms with Crippen LogP contribution in [0.15, 0.2) is 24.3 Å². The van der Waals surface area contributed by atoms with Gasteiger partial charge in [0.25, 0.3) is 0 Å². The van der Waals surface area contributed by atoms with E-state index >= 15 is 0 Å². The number of aromatic nitrogens is 1. The number of Topliss-reactive ketones (excluding diaryl/α,β-unsaturated/α-hetero) is 1. The first-order valence-electron chi connectivity index (χ1n) is 8.33. The fraction of sp³-hybridized carbons (Fsp3) is 0.526. The molecule has 0 radical (unpaired) electrons. The van der Waals surface area contributed by atoms with Gasteiger partial charge in [0.1, 0.15) is 5.82 Å². The average Bonchev–Trinajstić information content (AvgIpc) is 3.10. The van der Waals surface area contributed by atoms with Crippen LogP contribution in [0.2, 0.25) is 0 Å². The van der Waals surface area contributed by atoms with Crippen molar-refractivity contribution >= 4 is 16.7 Å². The number of H-pyrrole nitrogens is 1. The number of rotatable bonds is 4. The number of nitrogens with one attached hydrogen (secondary N) is 2. The second-order valence-electron chi connectivity index (χ2n) is 8.01. The van der Waals surface area contributed by atoms with Crippen LogP contribution in [0.25, 0.3) is 10.9 Å². The maximum Gasteiger partial charge on any atom is 0.186 e. The summed E-state index contributed by atoms with van der Waals surface area (Å²) in [6.07, 6.45) is 2.76. The molecule has 3 rings (SSSR count). The van der Waals surface area contributed by atoms with E-state index in [-0.39, 0.29) is 22.4 Å². The highest BCUT2D eigenvalue weighted by Crippen LogP contribution is 2.38. The zero-order valence-electron chi connectivity index (χ0n) is 14.1. The number of carbonyl (C=O) groups is 1. The molecule has 23 heavy (non-hydrogen) atoms. The van der Waals surface area contributed by atoms with Crippen LogP contribution in [0.1, 0.15) is 50.5 Å². The van der Waals surface area contributed by atoms with Crippen molar-refractivity contribution in [1.82, 2.24) is 10.3 Å². The monoisotopic (exact) mass is 316 g/mol. The quantitative estimate of drug-likeness (QED) is 0.826. The summed E-state index contributed by atoms with van der Waals surface area (Å²) in [6, 6.07) is 6.37. The Kier molecular flexibility index (Phi) is 4.05. The summed E-state index contributed by atoms with van der Waals surface area (Å²) in [5.74, 6) is -0.121. The van der Waals surface area contributed by atoms with E-state index in [9.17, 15) is 9.18 Å². The Labute approximate surface area is 136 Å². The molecule has 1 aliphatic rings. The van der Waals surface area contributed by atoms with E-state index in [1.165, 1.54) is 12.1 Å². The molecule has 0 bridgehead atoms. The van der Waals surface area contributed by atoms with Crippen molar-refractivity contribution in [2.75, 3.05) is 13.1 Å². The minimum Gasteiger partial charge on any atom is -0.352 e. The molecular weight excluding hydrogens is 291 g/mol. The minimum atomic E-state index is -0.341. The molecule has 2 aromatic rings. The number of ketones is 1. The van der Waals surface area contributed by atoms with Gasteiger partial charge >= 0.3 is 0 Å². The number of fused-ring (bicyclic) bond motifs is 1. The molecule has 0 amide bonds. The summed E-state index contributed by atoms with van der Waals surface area (Å²) in [5.41, 5.74) is 1.28. The molecule has 0 saturated carbocycles. The van der Waals surface area contributed by atoms with Crippen molar-refractivity contribution in [1.29, 1.82) is 0 Å². The first kappa shape index (κ1) is 16.2. The number of hydrogen-bond acceptors (Lipinski definition) is 2. The Morgan fingerprint density at radius 2 is 2.09 bits per heavy atom. The number of carbonyl (C=O) groups excluding carboxylic acids is 1. The van der Waals surface area contributed by atoms with Crippen molar-refractivity contribution < 1.29 is 9.18 Å². The molecule has 1 aliphatic heterocycles. The van der Waals surface area contributed by atoms with E-state index in [4.69, 9.17) is 0 Å². The largest absolute Gasteiger partial charge is 0.352 e. The molecule has 4 heteroatoms. The van der Waals surface area contributed by atoms with Gasteiger partial charge in [-0.2, -0.15) is 0 Å². The van der Waals surface area contributed by atoms with Gasteiger partial charge in [0.05, 0.1) is 5.69 Å². The van der Waals surface area contributed by atoms with E-state index in [1.54, 1.807) is 12.1 Å². The third-order valence-electron chi connectivity index (χ3n) is 4.91. The molecule has 2 N–H and O–H groups in total. The maximum atomic E-state index is 13.4. The van der Waals surface area contributed by atoms with Gasteiger partial charge in [0.2, 0.25) is 0 Å². The number of hydrogen-bond donors (Lipinski definition) is 2. The first-order valence-corrected chi connectivity index (χ1v) is 8.33. The Bertz CT molecular complexity index is 721. The summed E-state index contributed by atoms with van der Waals surface area (Å²) in [6.45, 7) is 8.23. The van der Waals surface area contributed by atoms with Crippen LogP contribution in [-0.2, 0) is 0 Å². The molecule has 1 fully saturated rings. The van der Waals surface area contributed by atoms with Gasteiger partial charge in [-0.25, -0.2) is 4.39 Å². The fourth-order valence-corrected chi connectivity index (χ4v) is 3.39. The molecule has 3 nitrogen and oxygen atoms in total. The van der Waals surface area contributed by atoms with Gasteiger partial charge in [-0.3, -0.25) is 4.79 Å². The Morgan fingerprint density at radius 1 is 1.30 bits per heavy atom. The zero-order chi connectivity index (χ0) is 16.7. The predicted molar refractivity (Wildman–Crippen MR) is 91.2 cm³/mol. The van der Waals surface area contributed by atoms with Crippen LogP contribution >= 0.6 is 0 Å². The standard InChI is InChI=1S/C19H25FN2O/c1-18(2,3)6-7-19(8-9-21-12-19)17(23)16-11-13-10-14(20)4-5-15(13)22-16/h4-5,10-11,21-22H,6-9,12H2,1-3H3. The van der Waals surface area contributed by atoms with Crippen LogP contribution in [0.3, 0.4) is 0 Å². The molecule has 2 heterocycles. The lowest BCUT2D eigenvalue weighted by molar-refractivity contribution is 0.0779. The molecule has 1 unspecified atom stereocenters. The number of halogens is 1. The maximum absolute atomic E-state index is 13.4. The van der Waals surface area contributed by atoms with Crippen LogP contribution in [-0.4, -0.2) is 23.9 Å². The van der Waals surface area contributed by atoms with Crippen molar-refractivity contribution in [3.05, 3.63) is 35.8 Å². The third kappa shape index (κ3) is 3.32. The third-order valence-corrected chi connectivity index (χ3v) is 4.91. The highest BCUT2D eigenvalue weighted by molar-refractivity contribution is 6.03. The summed E-state index contributed by atoms with van der Waals surface area (Å²) in [5, 5.41) is 4.10. The molecular formula is C19H25FN2O. The lowest BCUT2D eigenvalue weighted by Gasteiger charge is -2.30. The molecule has 0 spiro atoms. The smallest absolute Gasteiger partial charge is 0.186 e. The van der Waals surface area contributed by atoms with Gasteiger partial charge in [-0.05, 0) is 55.5 Å². The highest BCUT2D eigenvalue weighted by atomic mass is 19.1. The van der Waals surface area contributed by atoms with Crippen LogP contribution in [0.4, 0.5) is 4.39 Å². The molecule has 1 aromatic heterocycles. The van der Waals surface area contributed by atoms with E-state index in [2.05, 4.69) is 31.1 Å². The Balaban J connectivity index is 1.90. The van der Waals surface area contributed by atoms with Gasteiger partial charge < -0.3 is 10.3 Å². The normalized spacial score (nSPS) is 21.9. The van der Waals surface area contributed by atoms with E-state index in [1.807, 2.05) is 0 Å². The lowest BCUT2D eigenvalue weighted by Crippen LogP contribution is -2.35. The van der Waals surface area contributed by atoms with Crippen LogP contribution in [0, 0.1) is 16.6 Å². The molecule has 124 valence electrons. The summed E-state index contributed by atoms with van der Waals surface area (Å²) < 4.78 is 13.4. The summed E-state index contributed by atoms with van der Waals surface area (Å²) in [7, 11) is 0. The molecule has 1 atom stereocenters. The van der Waals surface area contributed by atoms with E-state index in [0.717, 1.165) is 43.3 Å². The Hall–Kier alpha value is -1.68. The van der Waals surface area contributed by atoms with Crippen molar-refractivity contribution in [2.45, 2.75) is 40.0 Å². The van der Waals surface area contributed by atoms with Gasteiger partial charge in [-0.1, -0.05) is 20.8 Å². The second-order valence-corrected chi connectivity index (χ2v) is 8.01. The van der Waals surface area contributed by atoms with E-state index < -0.39 is 0 Å². The average molecular weight is 316 g/mol. The fourth-order valence-electron chi connectivity index (χ4n) is 3.39. The molecule has 1 aromatic carbocycles. The molecule has 0 aliphatic carbocycles. The zero-order valence-corrected chi connectivity index (χ0v) is 14.1. The lowest BCUT2D eigenvalue weighted by atomic mass is 9.73. The Morgan fingerprint density at radius 3 is 2.74 bits per heavy atom. The number of aromatic amines is 1. The minimum absolute atomic E-state index is 0.156. The van der Waals surface area contributed by atoms with Gasteiger partial charge in [-0.15, -0.1) is 0 Å². The second kappa shape index (κ2) is 5.75. The van der Waals surface area contributed by atoms with Crippen molar-refractivity contribution in [3.8, 4) is 0 Å². The van der Waals surface area contributed by atoms with Gasteiger partial charge in [0.15, 0.2) is 5.78 Å². The van der Waals surface area contributed by atoms with Crippen molar-refractivity contribution in [3.63, 3.8) is 0 Å². The SMILES string of the molecule is CC(C)(C)CCC1(C(=O)c2cc3cc(F)ccc3[nH]2)CCNC1. The van der Waals surface area contributed by atoms with Gasteiger partial charge in [0, 0.05) is 22.9 Å².